The molecule has 2 N–H and O–H groups in total. The van der Waals surface area contributed by atoms with E-state index in [-0.39, 0.29) is 18.3 Å². The van der Waals surface area contributed by atoms with Crippen LogP contribution in [-0.4, -0.2) is 30.9 Å². The number of hydrogen-bond donors (Lipinski definition) is 2. The first-order valence-corrected chi connectivity index (χ1v) is 8.29. The molecular formula is C18H19BrN2O4. The number of amides is 1. The van der Waals surface area contributed by atoms with Gasteiger partial charge in [0.15, 0.2) is 18.1 Å². The van der Waals surface area contributed by atoms with Gasteiger partial charge in [-0.1, -0.05) is 12.1 Å². The summed E-state index contributed by atoms with van der Waals surface area (Å²) >= 11 is 3.22. The minimum absolute atomic E-state index is 0.00519. The summed E-state index contributed by atoms with van der Waals surface area (Å²) in [5.74, 6) is 0.610. The molecule has 0 aliphatic heterocycles. The van der Waals surface area contributed by atoms with E-state index in [1.54, 1.807) is 12.1 Å². The fourth-order valence-electron chi connectivity index (χ4n) is 2.06. The molecule has 132 valence electrons. The van der Waals surface area contributed by atoms with Crippen molar-refractivity contribution >= 4 is 28.1 Å². The second-order valence-corrected chi connectivity index (χ2v) is 6.19. The average molecular weight is 407 g/mol. The Kier molecular flexibility index (Phi) is 6.41. The first kappa shape index (κ1) is 18.8. The number of halogens is 1. The number of carbonyl (C=O) groups excluding carboxylic acids is 1. The molecule has 2 aromatic rings. The van der Waals surface area contributed by atoms with E-state index >= 15 is 0 Å². The molecule has 0 fully saturated rings. The Labute approximate surface area is 154 Å². The lowest BCUT2D eigenvalue weighted by molar-refractivity contribution is -0.123. The number of aryl methyl sites for hydroxylation is 1. The zero-order valence-electron chi connectivity index (χ0n) is 14.2. The highest BCUT2D eigenvalue weighted by atomic mass is 79.9. The molecule has 0 saturated carbocycles. The van der Waals surface area contributed by atoms with Crippen LogP contribution in [0.2, 0.25) is 0 Å². The third-order valence-corrected chi connectivity index (χ3v) is 4.19. The van der Waals surface area contributed by atoms with Gasteiger partial charge >= 0.3 is 0 Å². The summed E-state index contributed by atoms with van der Waals surface area (Å²) in [4.78, 5) is 11.8. The van der Waals surface area contributed by atoms with Crippen molar-refractivity contribution in [2.45, 2.75) is 13.8 Å². The maximum Gasteiger partial charge on any atom is 0.277 e. The Morgan fingerprint density at radius 3 is 2.80 bits per heavy atom. The van der Waals surface area contributed by atoms with Crippen LogP contribution in [0.1, 0.15) is 16.7 Å². The number of phenolic OH excluding ortho intramolecular Hbond substituents is 1. The van der Waals surface area contributed by atoms with Crippen molar-refractivity contribution in [2.24, 2.45) is 5.10 Å². The Hall–Kier alpha value is -2.54. The second kappa shape index (κ2) is 8.53. The minimum atomic E-state index is -0.373. The average Bonchev–Trinajstić information content (AvgIpc) is 2.59. The molecule has 0 heterocycles. The van der Waals surface area contributed by atoms with Crippen molar-refractivity contribution in [3.05, 3.63) is 51.5 Å². The summed E-state index contributed by atoms with van der Waals surface area (Å²) in [6.07, 6.45) is 1.45. The van der Waals surface area contributed by atoms with E-state index < -0.39 is 0 Å². The van der Waals surface area contributed by atoms with Gasteiger partial charge in [-0.2, -0.15) is 5.10 Å². The molecule has 0 unspecified atom stereocenters. The van der Waals surface area contributed by atoms with Gasteiger partial charge in [0.2, 0.25) is 0 Å². The lowest BCUT2D eigenvalue weighted by atomic mass is 10.1. The van der Waals surface area contributed by atoms with Gasteiger partial charge in [-0.15, -0.1) is 0 Å². The molecule has 0 atom stereocenters. The van der Waals surface area contributed by atoms with Crippen molar-refractivity contribution in [2.75, 3.05) is 13.7 Å². The SMILES string of the molecule is COc1cc(/C=N/NC(=O)COc2cccc(C)c2C)cc(Br)c1O. The van der Waals surface area contributed by atoms with Crippen molar-refractivity contribution in [1.82, 2.24) is 5.43 Å². The number of nitrogens with zero attached hydrogens (tertiary/aromatic N) is 1. The molecule has 2 aromatic carbocycles. The zero-order valence-corrected chi connectivity index (χ0v) is 15.8. The fourth-order valence-corrected chi connectivity index (χ4v) is 2.52. The highest BCUT2D eigenvalue weighted by molar-refractivity contribution is 9.10. The van der Waals surface area contributed by atoms with Crippen molar-refractivity contribution in [3.63, 3.8) is 0 Å². The van der Waals surface area contributed by atoms with E-state index in [1.807, 2.05) is 32.0 Å². The number of carbonyl (C=O) groups is 1. The number of benzene rings is 2. The Morgan fingerprint density at radius 1 is 1.32 bits per heavy atom. The zero-order chi connectivity index (χ0) is 18.4. The number of aromatic hydroxyl groups is 1. The Bertz CT molecular complexity index is 806. The van der Waals surface area contributed by atoms with Crippen molar-refractivity contribution in [3.8, 4) is 17.2 Å². The monoisotopic (exact) mass is 406 g/mol. The van der Waals surface area contributed by atoms with E-state index in [2.05, 4.69) is 26.5 Å². The van der Waals surface area contributed by atoms with Crippen LogP contribution in [-0.2, 0) is 4.79 Å². The molecule has 0 bridgehead atoms. The van der Waals surface area contributed by atoms with E-state index in [4.69, 9.17) is 9.47 Å². The number of phenols is 1. The maximum atomic E-state index is 11.8. The fraction of sp³-hybridized carbons (Fsp3) is 0.222. The summed E-state index contributed by atoms with van der Waals surface area (Å²) in [7, 11) is 1.45. The van der Waals surface area contributed by atoms with Crippen LogP contribution in [0.15, 0.2) is 39.9 Å². The first-order valence-electron chi connectivity index (χ1n) is 7.49. The van der Waals surface area contributed by atoms with Crippen LogP contribution in [0.3, 0.4) is 0 Å². The van der Waals surface area contributed by atoms with Crippen LogP contribution >= 0.6 is 15.9 Å². The van der Waals surface area contributed by atoms with E-state index in [0.717, 1.165) is 11.1 Å². The van der Waals surface area contributed by atoms with E-state index in [0.29, 0.717) is 21.5 Å². The van der Waals surface area contributed by atoms with Crippen LogP contribution in [0.5, 0.6) is 17.2 Å². The molecular weight excluding hydrogens is 388 g/mol. The normalized spacial score (nSPS) is 10.7. The molecule has 2 rings (SSSR count). The molecule has 0 aliphatic rings. The number of hydrogen-bond acceptors (Lipinski definition) is 5. The summed E-state index contributed by atoms with van der Waals surface area (Å²) in [6, 6.07) is 8.93. The highest BCUT2D eigenvalue weighted by Crippen LogP contribution is 2.34. The quantitative estimate of drug-likeness (QED) is 0.569. The molecule has 25 heavy (non-hydrogen) atoms. The summed E-state index contributed by atoms with van der Waals surface area (Å²) < 4.78 is 11.0. The third-order valence-electron chi connectivity index (χ3n) is 3.59. The van der Waals surface area contributed by atoms with Gasteiger partial charge < -0.3 is 14.6 Å². The molecule has 0 saturated heterocycles. The van der Waals surface area contributed by atoms with Gasteiger partial charge in [0.05, 0.1) is 17.8 Å². The van der Waals surface area contributed by atoms with Crippen LogP contribution in [0.25, 0.3) is 0 Å². The summed E-state index contributed by atoms with van der Waals surface area (Å²) in [5, 5.41) is 13.6. The van der Waals surface area contributed by atoms with Gasteiger partial charge in [0.1, 0.15) is 5.75 Å². The van der Waals surface area contributed by atoms with Gasteiger partial charge in [-0.25, -0.2) is 5.43 Å². The number of rotatable bonds is 6. The molecule has 0 radical (unpaired) electrons. The summed E-state index contributed by atoms with van der Waals surface area (Å²) in [6.45, 7) is 3.79. The Morgan fingerprint density at radius 2 is 2.08 bits per heavy atom. The molecule has 0 aliphatic carbocycles. The predicted octanol–water partition coefficient (Wildman–Crippen LogP) is 3.31. The summed E-state index contributed by atoms with van der Waals surface area (Å²) in [5.41, 5.74) is 5.14. The lowest BCUT2D eigenvalue weighted by Gasteiger charge is -2.09. The predicted molar refractivity (Wildman–Crippen MR) is 99.5 cm³/mol. The van der Waals surface area contributed by atoms with Gasteiger partial charge in [-0.05, 0) is 64.7 Å². The molecule has 0 aromatic heterocycles. The lowest BCUT2D eigenvalue weighted by Crippen LogP contribution is -2.24. The third kappa shape index (κ3) is 4.96. The van der Waals surface area contributed by atoms with Crippen molar-refractivity contribution in [1.29, 1.82) is 0 Å². The standard InChI is InChI=1S/C18H19BrN2O4/c1-11-5-4-6-15(12(11)2)25-10-17(22)21-20-9-13-7-14(19)18(23)16(8-13)24-3/h4-9,23H,10H2,1-3H3,(H,21,22)/b20-9+. The van der Waals surface area contributed by atoms with Gasteiger partial charge in [0, 0.05) is 0 Å². The van der Waals surface area contributed by atoms with Gasteiger partial charge in [0.25, 0.3) is 5.91 Å². The molecule has 0 spiro atoms. The van der Waals surface area contributed by atoms with Crippen molar-refractivity contribution < 1.29 is 19.4 Å². The minimum Gasteiger partial charge on any atom is -0.503 e. The number of methoxy groups -OCH3 is 1. The van der Waals surface area contributed by atoms with Gasteiger partial charge in [-0.3, -0.25) is 4.79 Å². The van der Waals surface area contributed by atoms with E-state index in [1.165, 1.54) is 13.3 Å². The smallest absolute Gasteiger partial charge is 0.277 e. The van der Waals surface area contributed by atoms with Crippen LogP contribution in [0, 0.1) is 13.8 Å². The molecule has 7 heteroatoms. The number of ether oxygens (including phenoxy) is 2. The first-order chi connectivity index (χ1) is 11.9. The topological polar surface area (TPSA) is 80.2 Å². The number of hydrazone groups is 1. The Balaban J connectivity index is 1.92. The number of nitrogens with one attached hydrogen (secondary N) is 1. The second-order valence-electron chi connectivity index (χ2n) is 5.33. The van der Waals surface area contributed by atoms with E-state index in [9.17, 15) is 9.90 Å². The molecule has 1 amide bonds. The van der Waals surface area contributed by atoms with Crippen LogP contribution < -0.4 is 14.9 Å². The van der Waals surface area contributed by atoms with Crippen LogP contribution in [0.4, 0.5) is 0 Å². The maximum absolute atomic E-state index is 11.8. The highest BCUT2D eigenvalue weighted by Gasteiger charge is 2.08. The largest absolute Gasteiger partial charge is 0.503 e. The molecule has 6 nitrogen and oxygen atoms in total.